The van der Waals surface area contributed by atoms with E-state index in [4.69, 9.17) is 9.84 Å². The van der Waals surface area contributed by atoms with E-state index in [1.54, 1.807) is 0 Å². The quantitative estimate of drug-likeness (QED) is 0.782. The average Bonchev–Trinajstić information content (AvgIpc) is 2.36. The first kappa shape index (κ1) is 15.8. The molecule has 2 N–H and O–H groups in total. The lowest BCUT2D eigenvalue weighted by Gasteiger charge is -2.15. The highest BCUT2D eigenvalue weighted by Gasteiger charge is 2.09. The predicted molar refractivity (Wildman–Crippen MR) is 75.5 cm³/mol. The average molecular weight is 277 g/mol. The zero-order valence-electron chi connectivity index (χ0n) is 11.8. The highest BCUT2D eigenvalue weighted by molar-refractivity contribution is 5.94. The van der Waals surface area contributed by atoms with E-state index in [-0.39, 0.29) is 12.1 Å². The van der Waals surface area contributed by atoms with Crippen molar-refractivity contribution in [2.45, 2.75) is 32.9 Å². The van der Waals surface area contributed by atoms with E-state index < -0.39 is 11.9 Å². The first-order valence-corrected chi connectivity index (χ1v) is 6.36. The van der Waals surface area contributed by atoms with Crippen LogP contribution in [0.1, 0.15) is 32.4 Å². The van der Waals surface area contributed by atoms with Crippen molar-refractivity contribution < 1.29 is 19.4 Å². The van der Waals surface area contributed by atoms with Gasteiger partial charge in [-0.25, -0.2) is 4.79 Å². The molecule has 0 bridgehead atoms. The minimum absolute atomic E-state index is 0.0775. The molecule has 0 saturated heterocycles. The molecular weight excluding hydrogens is 258 g/mol. The molecule has 1 rings (SSSR count). The molecule has 20 heavy (non-hydrogen) atoms. The van der Waals surface area contributed by atoms with Crippen molar-refractivity contribution in [1.29, 1.82) is 0 Å². The van der Waals surface area contributed by atoms with Crippen LogP contribution in [0.25, 0.3) is 0 Å². The molecule has 0 heterocycles. The smallest absolute Gasteiger partial charge is 0.328 e. The Hall–Kier alpha value is -2.30. The van der Waals surface area contributed by atoms with E-state index in [9.17, 15) is 9.59 Å². The lowest BCUT2D eigenvalue weighted by molar-refractivity contribution is -0.131. The summed E-state index contributed by atoms with van der Waals surface area (Å²) in [5, 5.41) is 11.1. The lowest BCUT2D eigenvalue weighted by atomic mass is 10.1. The van der Waals surface area contributed by atoms with Gasteiger partial charge in [0.2, 0.25) is 5.91 Å². The summed E-state index contributed by atoms with van der Waals surface area (Å²) < 4.78 is 5.58. The topological polar surface area (TPSA) is 75.6 Å². The van der Waals surface area contributed by atoms with E-state index in [0.29, 0.717) is 0 Å². The van der Waals surface area contributed by atoms with Crippen molar-refractivity contribution in [3.05, 3.63) is 42.0 Å². The highest BCUT2D eigenvalue weighted by atomic mass is 16.5. The first-order chi connectivity index (χ1) is 9.38. The maximum Gasteiger partial charge on any atom is 0.328 e. The second-order valence-electron chi connectivity index (χ2n) is 4.64. The summed E-state index contributed by atoms with van der Waals surface area (Å²) in [5.74, 6) is -0.866. The number of amides is 1. The van der Waals surface area contributed by atoms with Crippen LogP contribution in [0.5, 0.6) is 5.75 Å². The van der Waals surface area contributed by atoms with Crippen molar-refractivity contribution >= 4 is 11.9 Å². The summed E-state index contributed by atoms with van der Waals surface area (Å²) in [5.41, 5.74) is 0.889. The van der Waals surface area contributed by atoms with Crippen LogP contribution in [0.3, 0.4) is 0 Å². The van der Waals surface area contributed by atoms with Gasteiger partial charge in [0.1, 0.15) is 5.75 Å². The molecule has 0 spiro atoms. The van der Waals surface area contributed by atoms with E-state index >= 15 is 0 Å². The number of benzene rings is 1. The standard InChI is InChI=1S/C15H19NO4/c1-10(2)20-13-6-4-5-12(9-13)11(3)16-14(17)7-8-15(18)19/h4-11H,1-3H3,(H,16,17)(H,18,19)/b8-7+. The van der Waals surface area contributed by atoms with Crippen LogP contribution in [-0.2, 0) is 9.59 Å². The molecule has 1 aromatic rings. The predicted octanol–water partition coefficient (Wildman–Crippen LogP) is 2.29. The van der Waals surface area contributed by atoms with Crippen LogP contribution in [0.4, 0.5) is 0 Å². The number of rotatable bonds is 6. The Morgan fingerprint density at radius 2 is 1.95 bits per heavy atom. The van der Waals surface area contributed by atoms with Gasteiger partial charge in [-0.15, -0.1) is 0 Å². The minimum Gasteiger partial charge on any atom is -0.491 e. The Labute approximate surface area is 118 Å². The number of hydrogen-bond acceptors (Lipinski definition) is 3. The Morgan fingerprint density at radius 1 is 1.25 bits per heavy atom. The van der Waals surface area contributed by atoms with Gasteiger partial charge < -0.3 is 15.2 Å². The molecule has 1 unspecified atom stereocenters. The summed E-state index contributed by atoms with van der Waals surface area (Å²) >= 11 is 0. The summed E-state index contributed by atoms with van der Waals surface area (Å²) in [7, 11) is 0. The van der Waals surface area contributed by atoms with Crippen LogP contribution in [-0.4, -0.2) is 23.1 Å². The van der Waals surface area contributed by atoms with E-state index in [1.807, 2.05) is 45.0 Å². The summed E-state index contributed by atoms with van der Waals surface area (Å²) in [6.07, 6.45) is 1.88. The monoisotopic (exact) mass is 277 g/mol. The fourth-order valence-electron chi connectivity index (χ4n) is 1.62. The molecule has 0 aliphatic rings. The van der Waals surface area contributed by atoms with Crippen LogP contribution < -0.4 is 10.1 Å². The fraction of sp³-hybridized carbons (Fsp3) is 0.333. The van der Waals surface area contributed by atoms with Gasteiger partial charge in [0, 0.05) is 12.2 Å². The summed E-state index contributed by atoms with van der Waals surface area (Å²) in [6, 6.07) is 7.19. The van der Waals surface area contributed by atoms with Crippen molar-refractivity contribution in [2.24, 2.45) is 0 Å². The maximum absolute atomic E-state index is 11.5. The second kappa shape index (κ2) is 7.33. The molecule has 0 radical (unpaired) electrons. The Balaban J connectivity index is 2.69. The molecule has 108 valence electrons. The highest BCUT2D eigenvalue weighted by Crippen LogP contribution is 2.20. The molecule has 0 aliphatic carbocycles. The van der Waals surface area contributed by atoms with Crippen LogP contribution in [0.2, 0.25) is 0 Å². The van der Waals surface area contributed by atoms with Crippen molar-refractivity contribution in [2.75, 3.05) is 0 Å². The molecule has 0 fully saturated rings. The van der Waals surface area contributed by atoms with Gasteiger partial charge in [-0.2, -0.15) is 0 Å². The summed E-state index contributed by atoms with van der Waals surface area (Å²) in [4.78, 5) is 21.8. The Morgan fingerprint density at radius 3 is 2.55 bits per heavy atom. The molecular formula is C15H19NO4. The van der Waals surface area contributed by atoms with E-state index in [0.717, 1.165) is 23.5 Å². The third-order valence-electron chi connectivity index (χ3n) is 2.47. The van der Waals surface area contributed by atoms with Gasteiger partial charge in [-0.3, -0.25) is 4.79 Å². The van der Waals surface area contributed by atoms with Gasteiger partial charge >= 0.3 is 5.97 Å². The number of ether oxygens (including phenoxy) is 1. The van der Waals surface area contributed by atoms with Gasteiger partial charge in [0.15, 0.2) is 0 Å². The fourth-order valence-corrected chi connectivity index (χ4v) is 1.62. The largest absolute Gasteiger partial charge is 0.491 e. The number of carboxylic acid groups (broad SMARTS) is 1. The van der Waals surface area contributed by atoms with Crippen molar-refractivity contribution in [3.8, 4) is 5.75 Å². The molecule has 1 amide bonds. The Bertz CT molecular complexity index is 508. The molecule has 0 aliphatic heterocycles. The van der Waals surface area contributed by atoms with E-state index in [2.05, 4.69) is 5.32 Å². The van der Waals surface area contributed by atoms with Crippen LogP contribution >= 0.6 is 0 Å². The lowest BCUT2D eigenvalue weighted by Crippen LogP contribution is -2.24. The number of carboxylic acids is 1. The molecule has 5 nitrogen and oxygen atoms in total. The number of carbonyl (C=O) groups excluding carboxylic acids is 1. The summed E-state index contributed by atoms with van der Waals surface area (Å²) in [6.45, 7) is 5.70. The van der Waals surface area contributed by atoms with Gasteiger partial charge in [-0.1, -0.05) is 12.1 Å². The normalized spacial score (nSPS) is 12.4. The molecule has 1 atom stereocenters. The molecule has 5 heteroatoms. The number of carbonyl (C=O) groups is 2. The van der Waals surface area contributed by atoms with Gasteiger partial charge in [0.05, 0.1) is 12.1 Å². The van der Waals surface area contributed by atoms with E-state index in [1.165, 1.54) is 0 Å². The maximum atomic E-state index is 11.5. The SMILES string of the molecule is CC(C)Oc1cccc(C(C)NC(=O)/C=C/C(=O)O)c1. The first-order valence-electron chi connectivity index (χ1n) is 6.36. The van der Waals surface area contributed by atoms with Crippen LogP contribution in [0.15, 0.2) is 36.4 Å². The number of nitrogens with one attached hydrogen (secondary N) is 1. The van der Waals surface area contributed by atoms with Crippen molar-refractivity contribution in [1.82, 2.24) is 5.32 Å². The molecule has 1 aromatic carbocycles. The van der Waals surface area contributed by atoms with Gasteiger partial charge in [-0.05, 0) is 38.5 Å². The van der Waals surface area contributed by atoms with Crippen molar-refractivity contribution in [3.63, 3.8) is 0 Å². The number of aliphatic carboxylic acids is 1. The zero-order valence-corrected chi connectivity index (χ0v) is 11.8. The third kappa shape index (κ3) is 5.56. The van der Waals surface area contributed by atoms with Gasteiger partial charge in [0.25, 0.3) is 0 Å². The molecule has 0 saturated carbocycles. The molecule has 0 aromatic heterocycles. The van der Waals surface area contributed by atoms with Crippen LogP contribution in [0, 0.1) is 0 Å². The second-order valence-corrected chi connectivity index (χ2v) is 4.64. The minimum atomic E-state index is -1.15. The third-order valence-corrected chi connectivity index (χ3v) is 2.47. The number of hydrogen-bond donors (Lipinski definition) is 2. The Kier molecular flexibility index (Phi) is 5.77. The zero-order chi connectivity index (χ0) is 15.1.